The van der Waals surface area contributed by atoms with E-state index in [-0.39, 0.29) is 40.6 Å². The molecule has 6 heteroatoms. The Balaban J connectivity index is -0.0000000171. The minimum atomic E-state index is -1.83. The van der Waals surface area contributed by atoms with Crippen LogP contribution >= 0.6 is 0 Å². The van der Waals surface area contributed by atoms with Crippen molar-refractivity contribution in [3.8, 4) is 0 Å². The normalized spacial score (nSPS) is 5.44. The number of carboxylic acid groups (broad SMARTS) is 3. The first-order valence-electron chi connectivity index (χ1n) is 1.58. The molecule has 0 unspecified atom stereocenters. The Morgan fingerprint density at radius 3 is 1.22 bits per heavy atom. The van der Waals surface area contributed by atoms with Crippen molar-refractivity contribution in [3.63, 3.8) is 0 Å². The zero-order valence-corrected chi connectivity index (χ0v) is 7.07. The quantitative estimate of drug-likeness (QED) is 0.443. The summed E-state index contributed by atoms with van der Waals surface area (Å²) in [5.41, 5.74) is 0. The summed E-state index contributed by atoms with van der Waals surface area (Å²) in [4.78, 5) is 17.6. The van der Waals surface area contributed by atoms with Crippen molar-refractivity contribution >= 4 is 49.9 Å². The molecule has 0 aliphatic heterocycles. The number of aliphatic carboxylic acids is 1. The largest absolute Gasteiger partial charge is 2.00 e. The Morgan fingerprint density at radius 2 is 1.22 bits per heavy atom. The fourth-order valence-corrected chi connectivity index (χ4v) is 0. The number of carboxylic acids is 1. The molecule has 0 aromatic heterocycles. The number of carbonyl (C=O) groups is 2. The fraction of sp³-hybridized carbons (Fsp3) is 0.333. The summed E-state index contributed by atoms with van der Waals surface area (Å²) in [5.74, 6) is -0.833. The fourth-order valence-electron chi connectivity index (χ4n) is 0. The summed E-state index contributed by atoms with van der Waals surface area (Å²) in [5, 5.41) is 21.4. The molecule has 0 aliphatic carbocycles. The first-order valence-corrected chi connectivity index (χ1v) is 1.58. The van der Waals surface area contributed by atoms with Crippen LogP contribution in [0.3, 0.4) is 0 Å². The topological polar surface area (TPSA) is 94.8 Å². The van der Waals surface area contributed by atoms with Crippen molar-refractivity contribution in [2.75, 3.05) is 0 Å². The Morgan fingerprint density at radius 1 is 1.22 bits per heavy atom. The molecule has 0 radical (unpaired) electrons. The van der Waals surface area contributed by atoms with Gasteiger partial charge < -0.3 is 18.2 Å². The van der Waals surface area contributed by atoms with Gasteiger partial charge in [-0.3, -0.25) is 4.79 Å². The van der Waals surface area contributed by atoms with Crippen LogP contribution in [0.5, 0.6) is 0 Å². The van der Waals surface area contributed by atoms with E-state index in [0.717, 1.165) is 6.92 Å². The van der Waals surface area contributed by atoms with Crippen LogP contribution in [-0.4, -0.2) is 65.2 Å². The molecule has 0 amide bonds. The molecule has 5 nitrogen and oxygen atoms in total. The van der Waals surface area contributed by atoms with Gasteiger partial charge >= 0.3 is 43.9 Å². The molecule has 0 saturated heterocycles. The van der Waals surface area contributed by atoms with Crippen LogP contribution in [0, 0.1) is 0 Å². The molecule has 0 aliphatic rings. The molecule has 0 saturated carbocycles. The molecular formula is C3H8CaO5. The maximum atomic E-state index is 9.00. The van der Waals surface area contributed by atoms with Gasteiger partial charge in [-0.05, 0) is 0 Å². The van der Waals surface area contributed by atoms with Crippen LogP contribution in [0.2, 0.25) is 0 Å². The standard InChI is InChI=1S/C2H4O2.CH2O3.Ca.2H/c1-2(3)4;2-1(3)4;;;/h1H3,(H,3,4);(H2,2,3,4);;;/q;;+2;2*-1. The minimum Gasteiger partial charge on any atom is -1.00 e. The van der Waals surface area contributed by atoms with E-state index in [1.165, 1.54) is 0 Å². The second-order valence-electron chi connectivity index (χ2n) is 0.802. The summed E-state index contributed by atoms with van der Waals surface area (Å²) < 4.78 is 0. The third-order valence-corrected chi connectivity index (χ3v) is 0. The molecule has 9 heavy (non-hydrogen) atoms. The summed E-state index contributed by atoms with van der Waals surface area (Å²) in [6.45, 7) is 1.08. The maximum Gasteiger partial charge on any atom is 2.00 e. The van der Waals surface area contributed by atoms with Gasteiger partial charge in [-0.15, -0.1) is 0 Å². The van der Waals surface area contributed by atoms with Gasteiger partial charge in [0.15, 0.2) is 0 Å². The van der Waals surface area contributed by atoms with Crippen LogP contribution in [0.15, 0.2) is 0 Å². The van der Waals surface area contributed by atoms with E-state index in [1.54, 1.807) is 0 Å². The summed E-state index contributed by atoms with van der Waals surface area (Å²) in [6, 6.07) is 0. The number of hydrogen-bond acceptors (Lipinski definition) is 2. The molecule has 0 heterocycles. The van der Waals surface area contributed by atoms with Crippen molar-refractivity contribution < 1.29 is 27.8 Å². The van der Waals surface area contributed by atoms with Gasteiger partial charge in [0, 0.05) is 6.92 Å². The monoisotopic (exact) mass is 164 g/mol. The Bertz CT molecular complexity index is 77.7. The van der Waals surface area contributed by atoms with Gasteiger partial charge in [-0.1, -0.05) is 0 Å². The van der Waals surface area contributed by atoms with Gasteiger partial charge in [0.1, 0.15) is 0 Å². The molecule has 0 bridgehead atoms. The van der Waals surface area contributed by atoms with Gasteiger partial charge in [-0.25, -0.2) is 4.79 Å². The molecule has 0 rings (SSSR count). The third kappa shape index (κ3) is 4270000000. The molecule has 0 fully saturated rings. The van der Waals surface area contributed by atoms with Crippen LogP contribution in [0.4, 0.5) is 4.79 Å². The second-order valence-corrected chi connectivity index (χ2v) is 0.802. The van der Waals surface area contributed by atoms with Gasteiger partial charge in [0.25, 0.3) is 5.97 Å². The van der Waals surface area contributed by atoms with E-state index in [1.807, 2.05) is 0 Å². The van der Waals surface area contributed by atoms with E-state index in [4.69, 9.17) is 24.9 Å². The Labute approximate surface area is 84.3 Å². The Hall–Kier alpha value is -0.000260. The zero-order chi connectivity index (χ0) is 7.15. The molecular weight excluding hydrogens is 156 g/mol. The van der Waals surface area contributed by atoms with Gasteiger partial charge in [0.2, 0.25) is 0 Å². The van der Waals surface area contributed by atoms with Crippen molar-refractivity contribution in [1.29, 1.82) is 0 Å². The summed E-state index contributed by atoms with van der Waals surface area (Å²) in [7, 11) is 0. The van der Waals surface area contributed by atoms with E-state index in [2.05, 4.69) is 0 Å². The van der Waals surface area contributed by atoms with Crippen molar-refractivity contribution in [3.05, 3.63) is 0 Å². The average Bonchev–Trinajstić information content (AvgIpc) is 1.25. The molecule has 0 spiro atoms. The first-order chi connectivity index (χ1) is 3.46. The Kier molecular flexibility index (Phi) is 19.4. The van der Waals surface area contributed by atoms with Gasteiger partial charge in [0.05, 0.1) is 0 Å². The van der Waals surface area contributed by atoms with E-state index in [0.29, 0.717) is 0 Å². The van der Waals surface area contributed by atoms with E-state index >= 15 is 0 Å². The second kappa shape index (κ2) is 10.9. The van der Waals surface area contributed by atoms with Crippen LogP contribution in [0.1, 0.15) is 9.78 Å². The van der Waals surface area contributed by atoms with Crippen LogP contribution in [0.25, 0.3) is 0 Å². The van der Waals surface area contributed by atoms with Crippen LogP contribution in [-0.2, 0) is 4.79 Å². The molecule has 0 aromatic carbocycles. The average molecular weight is 164 g/mol. The SMILES string of the molecule is CC(=O)O.O=C(O)O.[Ca+2].[H-].[H-]. The van der Waals surface area contributed by atoms with Gasteiger partial charge in [-0.2, -0.15) is 0 Å². The van der Waals surface area contributed by atoms with E-state index in [9.17, 15) is 0 Å². The predicted octanol–water partition coefficient (Wildman–Crippen LogP) is 0.157. The van der Waals surface area contributed by atoms with Crippen LogP contribution < -0.4 is 0 Å². The first kappa shape index (κ1) is 16.0. The minimum absolute atomic E-state index is 0. The van der Waals surface area contributed by atoms with Crippen molar-refractivity contribution in [1.82, 2.24) is 0 Å². The summed E-state index contributed by atoms with van der Waals surface area (Å²) in [6.07, 6.45) is -1.83. The number of hydrogen-bond donors (Lipinski definition) is 3. The molecule has 3 N–H and O–H groups in total. The predicted molar refractivity (Wildman–Crippen MR) is 31.9 cm³/mol. The molecule has 52 valence electrons. The van der Waals surface area contributed by atoms with Crippen molar-refractivity contribution in [2.45, 2.75) is 6.92 Å². The number of rotatable bonds is 0. The molecule has 0 atom stereocenters. The maximum absolute atomic E-state index is 9.00. The summed E-state index contributed by atoms with van der Waals surface area (Å²) >= 11 is 0. The van der Waals surface area contributed by atoms with Crippen molar-refractivity contribution in [2.24, 2.45) is 0 Å². The van der Waals surface area contributed by atoms with E-state index < -0.39 is 12.1 Å². The zero-order valence-electron chi connectivity index (χ0n) is 6.87. The smallest absolute Gasteiger partial charge is 1.00 e. The molecule has 0 aromatic rings. The third-order valence-electron chi connectivity index (χ3n) is 0.